The monoisotopic (exact) mass is 288 g/mol. The second-order valence-corrected chi connectivity index (χ2v) is 6.68. The maximum Gasteiger partial charge on any atom is 0.0481 e. The van der Waals surface area contributed by atoms with Gasteiger partial charge in [0.05, 0.1) is 0 Å². The molecule has 0 spiro atoms. The van der Waals surface area contributed by atoms with Crippen LogP contribution >= 0.6 is 11.3 Å². The molecule has 0 radical (unpaired) electrons. The molecule has 0 saturated heterocycles. The van der Waals surface area contributed by atoms with Crippen molar-refractivity contribution in [3.05, 3.63) is 51.5 Å². The Kier molecular flexibility index (Phi) is 5.32. The first-order valence-electron chi connectivity index (χ1n) is 7.33. The number of thiophene rings is 1. The number of pyridine rings is 1. The van der Waals surface area contributed by atoms with Gasteiger partial charge in [0, 0.05) is 34.1 Å². The Labute approximate surface area is 126 Å². The van der Waals surface area contributed by atoms with E-state index in [1.807, 2.05) is 23.7 Å². The van der Waals surface area contributed by atoms with Crippen molar-refractivity contribution in [1.29, 1.82) is 0 Å². The fourth-order valence-electron chi connectivity index (χ4n) is 2.44. The fourth-order valence-corrected chi connectivity index (χ4v) is 3.66. The molecule has 0 amide bonds. The lowest BCUT2D eigenvalue weighted by Gasteiger charge is -2.24. The quantitative estimate of drug-likeness (QED) is 0.840. The molecule has 0 fully saturated rings. The summed E-state index contributed by atoms with van der Waals surface area (Å²) in [5.41, 5.74) is 2.74. The Bertz CT molecular complexity index is 514. The molecule has 0 saturated carbocycles. The van der Waals surface area contributed by atoms with Crippen LogP contribution in [-0.2, 0) is 0 Å². The zero-order chi connectivity index (χ0) is 14.5. The van der Waals surface area contributed by atoms with Gasteiger partial charge < -0.3 is 5.32 Å². The second kappa shape index (κ2) is 7.00. The van der Waals surface area contributed by atoms with E-state index >= 15 is 0 Å². The van der Waals surface area contributed by atoms with E-state index in [-0.39, 0.29) is 0 Å². The zero-order valence-electron chi connectivity index (χ0n) is 12.8. The van der Waals surface area contributed by atoms with E-state index < -0.39 is 0 Å². The van der Waals surface area contributed by atoms with Crippen LogP contribution in [0.5, 0.6) is 0 Å². The van der Waals surface area contributed by atoms with Crippen molar-refractivity contribution >= 4 is 11.3 Å². The summed E-state index contributed by atoms with van der Waals surface area (Å²) in [4.78, 5) is 6.99. The molecule has 108 valence electrons. The van der Waals surface area contributed by atoms with Crippen molar-refractivity contribution in [2.24, 2.45) is 0 Å². The van der Waals surface area contributed by atoms with Gasteiger partial charge in [-0.3, -0.25) is 4.98 Å². The minimum atomic E-state index is 0.384. The molecule has 2 atom stereocenters. The van der Waals surface area contributed by atoms with Crippen molar-refractivity contribution in [2.75, 3.05) is 6.54 Å². The molecule has 0 aliphatic heterocycles. The Hall–Kier alpha value is -1.19. The number of hydrogen-bond acceptors (Lipinski definition) is 3. The Morgan fingerprint density at radius 3 is 2.50 bits per heavy atom. The molecule has 1 N–H and O–H groups in total. The Balaban J connectivity index is 2.27. The van der Waals surface area contributed by atoms with Crippen molar-refractivity contribution in [3.8, 4) is 0 Å². The molecular weight excluding hydrogens is 264 g/mol. The molecular formula is C17H24N2S. The number of hydrogen-bond donors (Lipinski definition) is 1. The normalized spacial score (nSPS) is 14.2. The third kappa shape index (κ3) is 3.47. The molecule has 2 aromatic rings. The highest BCUT2D eigenvalue weighted by molar-refractivity contribution is 7.12. The SMILES string of the molecule is CCCNC(c1cc(C)c(C)s1)C(C)c1ccncc1. The fraction of sp³-hybridized carbons (Fsp3) is 0.471. The van der Waals surface area contributed by atoms with E-state index in [0.717, 1.165) is 13.0 Å². The van der Waals surface area contributed by atoms with E-state index in [9.17, 15) is 0 Å². The van der Waals surface area contributed by atoms with E-state index in [0.29, 0.717) is 12.0 Å². The van der Waals surface area contributed by atoms with Crippen LogP contribution in [0.3, 0.4) is 0 Å². The highest BCUT2D eigenvalue weighted by atomic mass is 32.1. The summed E-state index contributed by atoms with van der Waals surface area (Å²) in [6.07, 6.45) is 4.92. The van der Waals surface area contributed by atoms with E-state index in [1.165, 1.54) is 20.9 Å². The van der Waals surface area contributed by atoms with E-state index in [2.05, 4.69) is 56.2 Å². The minimum absolute atomic E-state index is 0.384. The summed E-state index contributed by atoms with van der Waals surface area (Å²) in [5, 5.41) is 3.71. The summed E-state index contributed by atoms with van der Waals surface area (Å²) in [7, 11) is 0. The maximum absolute atomic E-state index is 4.12. The summed E-state index contributed by atoms with van der Waals surface area (Å²) >= 11 is 1.92. The lowest BCUT2D eigenvalue weighted by atomic mass is 9.92. The molecule has 2 heterocycles. The van der Waals surface area contributed by atoms with Gasteiger partial charge in [-0.15, -0.1) is 11.3 Å². The highest BCUT2D eigenvalue weighted by Crippen LogP contribution is 2.35. The van der Waals surface area contributed by atoms with Crippen molar-refractivity contribution in [3.63, 3.8) is 0 Å². The average Bonchev–Trinajstić information content (AvgIpc) is 2.79. The van der Waals surface area contributed by atoms with Crippen LogP contribution in [0.4, 0.5) is 0 Å². The standard InChI is InChI=1S/C17H24N2S/c1-5-8-19-17(16-11-12(2)14(4)20-16)13(3)15-6-9-18-10-7-15/h6-7,9-11,13,17,19H,5,8H2,1-4H3. The largest absolute Gasteiger partial charge is 0.309 e. The minimum Gasteiger partial charge on any atom is -0.309 e. The van der Waals surface area contributed by atoms with Crippen molar-refractivity contribution < 1.29 is 0 Å². The smallest absolute Gasteiger partial charge is 0.0481 e. The van der Waals surface area contributed by atoms with Crippen molar-refractivity contribution in [1.82, 2.24) is 10.3 Å². The lowest BCUT2D eigenvalue weighted by molar-refractivity contribution is 0.472. The number of aromatic nitrogens is 1. The first-order valence-corrected chi connectivity index (χ1v) is 8.15. The molecule has 0 bridgehead atoms. The molecule has 2 nitrogen and oxygen atoms in total. The molecule has 2 aromatic heterocycles. The third-order valence-electron chi connectivity index (χ3n) is 3.84. The van der Waals surface area contributed by atoms with Crippen LogP contribution in [0.1, 0.15) is 53.1 Å². The number of nitrogens with zero attached hydrogens (tertiary/aromatic N) is 1. The van der Waals surface area contributed by atoms with Gasteiger partial charge in [0.2, 0.25) is 0 Å². The van der Waals surface area contributed by atoms with Gasteiger partial charge in [-0.1, -0.05) is 13.8 Å². The molecule has 0 aliphatic rings. The second-order valence-electron chi connectivity index (χ2n) is 5.39. The molecule has 2 rings (SSSR count). The first kappa shape index (κ1) is 15.2. The van der Waals surface area contributed by atoms with E-state index in [1.54, 1.807) is 0 Å². The van der Waals surface area contributed by atoms with Gasteiger partial charge >= 0.3 is 0 Å². The summed E-state index contributed by atoms with van der Waals surface area (Å²) in [6, 6.07) is 6.97. The predicted molar refractivity (Wildman–Crippen MR) is 87.5 cm³/mol. The van der Waals surface area contributed by atoms with Crippen LogP contribution in [0.2, 0.25) is 0 Å². The van der Waals surface area contributed by atoms with Gasteiger partial charge in [0.25, 0.3) is 0 Å². The zero-order valence-corrected chi connectivity index (χ0v) is 13.6. The predicted octanol–water partition coefficient (Wildman–Crippen LogP) is 4.60. The van der Waals surface area contributed by atoms with Crippen LogP contribution in [-0.4, -0.2) is 11.5 Å². The number of aryl methyl sites for hydroxylation is 2. The molecule has 2 unspecified atom stereocenters. The first-order chi connectivity index (χ1) is 9.63. The number of rotatable bonds is 6. The van der Waals surface area contributed by atoms with E-state index in [4.69, 9.17) is 0 Å². The summed E-state index contributed by atoms with van der Waals surface area (Å²) in [6.45, 7) is 9.97. The lowest BCUT2D eigenvalue weighted by Crippen LogP contribution is -2.26. The number of nitrogens with one attached hydrogen (secondary N) is 1. The maximum atomic E-state index is 4.12. The Morgan fingerprint density at radius 2 is 1.95 bits per heavy atom. The highest BCUT2D eigenvalue weighted by Gasteiger charge is 2.22. The molecule has 3 heteroatoms. The Morgan fingerprint density at radius 1 is 1.25 bits per heavy atom. The van der Waals surface area contributed by atoms with Gasteiger partial charge in [0.15, 0.2) is 0 Å². The summed E-state index contributed by atoms with van der Waals surface area (Å²) in [5.74, 6) is 0.446. The van der Waals surface area contributed by atoms with Gasteiger partial charge in [-0.2, -0.15) is 0 Å². The van der Waals surface area contributed by atoms with Gasteiger partial charge in [-0.25, -0.2) is 0 Å². The third-order valence-corrected chi connectivity index (χ3v) is 5.07. The topological polar surface area (TPSA) is 24.9 Å². The summed E-state index contributed by atoms with van der Waals surface area (Å²) < 4.78 is 0. The van der Waals surface area contributed by atoms with Crippen LogP contribution < -0.4 is 5.32 Å². The average molecular weight is 288 g/mol. The van der Waals surface area contributed by atoms with Crippen LogP contribution in [0.15, 0.2) is 30.6 Å². The molecule has 0 aromatic carbocycles. The molecule has 20 heavy (non-hydrogen) atoms. The van der Waals surface area contributed by atoms with Crippen molar-refractivity contribution in [2.45, 2.75) is 46.1 Å². The van der Waals surface area contributed by atoms with Gasteiger partial charge in [-0.05, 0) is 56.1 Å². The van der Waals surface area contributed by atoms with Gasteiger partial charge in [0.1, 0.15) is 0 Å². The van der Waals surface area contributed by atoms with Crippen LogP contribution in [0, 0.1) is 13.8 Å². The molecule has 0 aliphatic carbocycles. The van der Waals surface area contributed by atoms with Crippen LogP contribution in [0.25, 0.3) is 0 Å².